The third kappa shape index (κ3) is 2.81. The van der Waals surface area contributed by atoms with Crippen LogP contribution in [0.3, 0.4) is 0 Å². The van der Waals surface area contributed by atoms with E-state index in [0.29, 0.717) is 27.3 Å². The van der Waals surface area contributed by atoms with E-state index in [9.17, 15) is 4.79 Å². The Balaban J connectivity index is 1.98. The van der Waals surface area contributed by atoms with Gasteiger partial charge in [0, 0.05) is 16.1 Å². The van der Waals surface area contributed by atoms with Crippen molar-refractivity contribution in [3.8, 4) is 22.8 Å². The molecule has 1 aromatic heterocycles. The van der Waals surface area contributed by atoms with Gasteiger partial charge in [0.15, 0.2) is 23.0 Å². The summed E-state index contributed by atoms with van der Waals surface area (Å²) >= 11 is 3.43. The van der Waals surface area contributed by atoms with Crippen LogP contribution in [0.4, 0.5) is 0 Å². The number of benzene rings is 1. The molecule has 1 heterocycles. The molecule has 1 aromatic carbocycles. The van der Waals surface area contributed by atoms with Crippen LogP contribution in [0.1, 0.15) is 29.8 Å². The van der Waals surface area contributed by atoms with Crippen LogP contribution in [0, 0.1) is 0 Å². The van der Waals surface area contributed by atoms with Gasteiger partial charge in [-0.05, 0) is 47.3 Å². The van der Waals surface area contributed by atoms with Crippen molar-refractivity contribution in [2.75, 3.05) is 7.11 Å². The van der Waals surface area contributed by atoms with Gasteiger partial charge in [0.25, 0.3) is 0 Å². The van der Waals surface area contributed by atoms with Crippen molar-refractivity contribution >= 4 is 21.9 Å². The molecule has 1 N–H and O–H groups in total. The highest BCUT2D eigenvalue weighted by atomic mass is 79.9. The number of aromatic nitrogens is 1. The SMILES string of the molecule is COc1cc(Br)c(-c2cc(C(=O)O)no2)cc1OC1CCC1. The van der Waals surface area contributed by atoms with Crippen LogP contribution in [0.15, 0.2) is 27.2 Å². The van der Waals surface area contributed by atoms with Gasteiger partial charge in [-0.3, -0.25) is 0 Å². The van der Waals surface area contributed by atoms with Crippen LogP contribution in [0.5, 0.6) is 11.5 Å². The van der Waals surface area contributed by atoms with Gasteiger partial charge in [-0.1, -0.05) is 5.16 Å². The smallest absolute Gasteiger partial charge is 0.358 e. The van der Waals surface area contributed by atoms with Crippen LogP contribution in [-0.2, 0) is 0 Å². The fraction of sp³-hybridized carbons (Fsp3) is 0.333. The van der Waals surface area contributed by atoms with Gasteiger partial charge in [0.2, 0.25) is 0 Å². The summed E-state index contributed by atoms with van der Waals surface area (Å²) in [5.74, 6) is 0.440. The topological polar surface area (TPSA) is 81.8 Å². The number of halogens is 1. The molecule has 7 heteroatoms. The molecule has 0 atom stereocenters. The molecule has 22 heavy (non-hydrogen) atoms. The minimum absolute atomic E-state index is 0.140. The summed E-state index contributed by atoms with van der Waals surface area (Å²) in [6.45, 7) is 0. The van der Waals surface area contributed by atoms with Crippen LogP contribution in [0.2, 0.25) is 0 Å². The van der Waals surface area contributed by atoms with E-state index < -0.39 is 5.97 Å². The lowest BCUT2D eigenvalue weighted by molar-refractivity contribution is 0.0686. The average molecular weight is 368 g/mol. The van der Waals surface area contributed by atoms with Gasteiger partial charge in [-0.15, -0.1) is 0 Å². The van der Waals surface area contributed by atoms with E-state index >= 15 is 0 Å². The lowest BCUT2D eigenvalue weighted by Gasteiger charge is -2.27. The monoisotopic (exact) mass is 367 g/mol. The molecule has 1 saturated carbocycles. The molecule has 0 bridgehead atoms. The van der Waals surface area contributed by atoms with Crippen molar-refractivity contribution in [2.24, 2.45) is 0 Å². The van der Waals surface area contributed by atoms with Gasteiger partial charge in [-0.2, -0.15) is 0 Å². The molecule has 0 unspecified atom stereocenters. The predicted molar refractivity (Wildman–Crippen MR) is 81.4 cm³/mol. The number of aromatic carboxylic acids is 1. The van der Waals surface area contributed by atoms with E-state index in [1.165, 1.54) is 12.5 Å². The van der Waals surface area contributed by atoms with E-state index in [1.807, 2.05) is 0 Å². The highest BCUT2D eigenvalue weighted by Crippen LogP contribution is 2.40. The Bertz CT molecular complexity index is 708. The Morgan fingerprint density at radius 2 is 2.14 bits per heavy atom. The Labute approximate surface area is 135 Å². The molecule has 0 radical (unpaired) electrons. The molecule has 3 rings (SSSR count). The summed E-state index contributed by atoms with van der Waals surface area (Å²) in [7, 11) is 1.58. The summed E-state index contributed by atoms with van der Waals surface area (Å²) in [5, 5.41) is 12.5. The summed E-state index contributed by atoms with van der Waals surface area (Å²) in [6.07, 6.45) is 3.42. The minimum Gasteiger partial charge on any atom is -0.493 e. The third-order valence-corrected chi connectivity index (χ3v) is 4.25. The number of hydrogen-bond donors (Lipinski definition) is 1. The molecule has 6 nitrogen and oxygen atoms in total. The lowest BCUT2D eigenvalue weighted by atomic mass is 9.96. The predicted octanol–water partition coefficient (Wildman–Crippen LogP) is 3.74. The Hall–Kier alpha value is -2.02. The zero-order chi connectivity index (χ0) is 15.7. The Morgan fingerprint density at radius 3 is 2.68 bits per heavy atom. The lowest BCUT2D eigenvalue weighted by Crippen LogP contribution is -2.24. The van der Waals surface area contributed by atoms with Gasteiger partial charge < -0.3 is 19.1 Å². The van der Waals surface area contributed by atoms with Crippen molar-refractivity contribution < 1.29 is 23.9 Å². The standard InChI is InChI=1S/C15H14BrNO5/c1-20-13-6-10(16)9(5-14(13)21-8-3-2-4-8)12-7-11(15(18)19)17-22-12/h5-8H,2-4H2,1H3,(H,18,19). The van der Waals surface area contributed by atoms with Crippen molar-refractivity contribution in [1.82, 2.24) is 5.16 Å². The minimum atomic E-state index is -1.13. The van der Waals surface area contributed by atoms with E-state index in [-0.39, 0.29) is 11.8 Å². The van der Waals surface area contributed by atoms with Gasteiger partial charge in [0.1, 0.15) is 0 Å². The normalized spacial score (nSPS) is 14.5. The summed E-state index contributed by atoms with van der Waals surface area (Å²) in [4.78, 5) is 10.9. The second kappa shape index (κ2) is 6.00. The molecule has 2 aromatic rings. The molecule has 1 aliphatic carbocycles. The number of methoxy groups -OCH3 is 1. The van der Waals surface area contributed by atoms with Gasteiger partial charge in [0.05, 0.1) is 13.2 Å². The maximum atomic E-state index is 10.9. The summed E-state index contributed by atoms with van der Waals surface area (Å²) < 4.78 is 17.1. The van der Waals surface area contributed by atoms with Crippen LogP contribution in [0.25, 0.3) is 11.3 Å². The first kappa shape index (κ1) is 14.9. The zero-order valence-electron chi connectivity index (χ0n) is 11.8. The van der Waals surface area contributed by atoms with E-state index in [2.05, 4.69) is 21.1 Å². The number of ether oxygens (including phenoxy) is 2. The average Bonchev–Trinajstić information content (AvgIpc) is 2.93. The Morgan fingerprint density at radius 1 is 1.36 bits per heavy atom. The highest BCUT2D eigenvalue weighted by molar-refractivity contribution is 9.10. The van der Waals surface area contributed by atoms with Gasteiger partial charge >= 0.3 is 5.97 Å². The van der Waals surface area contributed by atoms with Crippen molar-refractivity contribution in [2.45, 2.75) is 25.4 Å². The van der Waals surface area contributed by atoms with Crippen LogP contribution < -0.4 is 9.47 Å². The first-order valence-electron chi connectivity index (χ1n) is 6.83. The molecule has 0 spiro atoms. The number of nitrogens with zero attached hydrogens (tertiary/aromatic N) is 1. The molecule has 0 amide bonds. The molecular formula is C15H14BrNO5. The second-order valence-corrected chi connectivity index (χ2v) is 5.89. The number of carboxylic acid groups (broad SMARTS) is 1. The quantitative estimate of drug-likeness (QED) is 0.866. The fourth-order valence-electron chi connectivity index (χ4n) is 2.15. The van der Waals surface area contributed by atoms with E-state index in [0.717, 1.165) is 12.8 Å². The second-order valence-electron chi connectivity index (χ2n) is 5.04. The first-order chi connectivity index (χ1) is 10.6. The molecular weight excluding hydrogens is 354 g/mol. The highest BCUT2D eigenvalue weighted by Gasteiger charge is 2.23. The van der Waals surface area contributed by atoms with Crippen molar-refractivity contribution in [3.05, 3.63) is 28.4 Å². The molecule has 1 aliphatic rings. The summed E-state index contributed by atoms with van der Waals surface area (Å²) in [6, 6.07) is 4.92. The maximum absolute atomic E-state index is 10.9. The number of carboxylic acids is 1. The fourth-order valence-corrected chi connectivity index (χ4v) is 2.66. The third-order valence-electron chi connectivity index (χ3n) is 3.59. The van der Waals surface area contributed by atoms with Gasteiger partial charge in [-0.25, -0.2) is 4.79 Å². The number of hydrogen-bond acceptors (Lipinski definition) is 5. The van der Waals surface area contributed by atoms with Crippen LogP contribution in [-0.4, -0.2) is 29.4 Å². The number of carbonyl (C=O) groups is 1. The molecule has 116 valence electrons. The molecule has 1 fully saturated rings. The van der Waals surface area contributed by atoms with Crippen LogP contribution >= 0.6 is 15.9 Å². The van der Waals surface area contributed by atoms with Crippen molar-refractivity contribution in [3.63, 3.8) is 0 Å². The van der Waals surface area contributed by atoms with Crippen molar-refractivity contribution in [1.29, 1.82) is 0 Å². The van der Waals surface area contributed by atoms with E-state index in [4.69, 9.17) is 19.1 Å². The summed E-state index contributed by atoms with van der Waals surface area (Å²) in [5.41, 5.74) is 0.523. The number of rotatable bonds is 5. The first-order valence-corrected chi connectivity index (χ1v) is 7.62. The molecule has 0 saturated heterocycles. The largest absolute Gasteiger partial charge is 0.493 e. The van der Waals surface area contributed by atoms with E-state index in [1.54, 1.807) is 19.2 Å². The molecule has 0 aliphatic heterocycles. The maximum Gasteiger partial charge on any atom is 0.358 e. The Kier molecular flexibility index (Phi) is 4.06. The zero-order valence-corrected chi connectivity index (χ0v) is 13.4.